The van der Waals surface area contributed by atoms with Crippen molar-refractivity contribution in [3.05, 3.63) is 59.7 Å². The Morgan fingerprint density at radius 1 is 1.00 bits per heavy atom. The minimum atomic E-state index is -0.917. The van der Waals surface area contributed by atoms with Crippen molar-refractivity contribution in [2.75, 3.05) is 7.11 Å². The summed E-state index contributed by atoms with van der Waals surface area (Å²) >= 11 is 0. The summed E-state index contributed by atoms with van der Waals surface area (Å²) in [6.45, 7) is 5.39. The molecule has 2 rings (SSSR count). The van der Waals surface area contributed by atoms with E-state index in [-0.39, 0.29) is 5.91 Å². The molecule has 0 aliphatic heterocycles. The molecule has 0 heterocycles. The quantitative estimate of drug-likeness (QED) is 0.722. The van der Waals surface area contributed by atoms with E-state index in [0.717, 1.165) is 16.9 Å². The van der Waals surface area contributed by atoms with Crippen LogP contribution in [0.25, 0.3) is 0 Å². The minimum absolute atomic E-state index is 0.333. The van der Waals surface area contributed by atoms with Crippen molar-refractivity contribution in [2.45, 2.75) is 39.5 Å². The zero-order chi connectivity index (χ0) is 19.8. The van der Waals surface area contributed by atoms with E-state index in [1.165, 1.54) is 6.92 Å². The second-order valence-corrected chi connectivity index (χ2v) is 6.22. The third kappa shape index (κ3) is 6.33. The average Bonchev–Trinajstić information content (AvgIpc) is 2.66. The second kappa shape index (κ2) is 9.62. The van der Waals surface area contributed by atoms with Gasteiger partial charge in [-0.3, -0.25) is 4.79 Å². The first-order valence-electron chi connectivity index (χ1n) is 8.73. The summed E-state index contributed by atoms with van der Waals surface area (Å²) in [6, 6.07) is 14.7. The molecular formula is C21H25NO5. The predicted octanol–water partition coefficient (Wildman–Crippen LogP) is 3.02. The molecule has 0 spiro atoms. The third-order valence-electron chi connectivity index (χ3n) is 3.92. The van der Waals surface area contributed by atoms with E-state index >= 15 is 0 Å². The van der Waals surface area contributed by atoms with Crippen LogP contribution in [0.15, 0.2) is 48.5 Å². The number of nitrogens with one attached hydrogen (secondary N) is 1. The Morgan fingerprint density at radius 2 is 1.70 bits per heavy atom. The molecular weight excluding hydrogens is 346 g/mol. The lowest BCUT2D eigenvalue weighted by atomic mass is 10.2. The summed E-state index contributed by atoms with van der Waals surface area (Å²) in [7, 11) is 1.59. The molecule has 0 bridgehead atoms. The van der Waals surface area contributed by atoms with Gasteiger partial charge in [-0.1, -0.05) is 24.3 Å². The van der Waals surface area contributed by atoms with Crippen LogP contribution in [0.4, 0.5) is 0 Å². The molecule has 0 unspecified atom stereocenters. The standard InChI is InChI=1S/C21H25NO5/c1-14-6-5-7-19(12-14)26-16(3)21(24)27-15(2)20(23)22-13-17-8-10-18(25-4)11-9-17/h5-12,15-16H,13H2,1-4H3,(H,22,23)/t15-,16-/m0/s1. The predicted molar refractivity (Wildman–Crippen MR) is 102 cm³/mol. The zero-order valence-electron chi connectivity index (χ0n) is 16.0. The number of benzene rings is 2. The number of esters is 1. The number of ether oxygens (including phenoxy) is 3. The van der Waals surface area contributed by atoms with Gasteiger partial charge in [0.05, 0.1) is 7.11 Å². The van der Waals surface area contributed by atoms with Gasteiger partial charge in [-0.05, 0) is 56.2 Å². The fraction of sp³-hybridized carbons (Fsp3) is 0.333. The number of carbonyl (C=O) groups excluding carboxylic acids is 2. The molecule has 144 valence electrons. The van der Waals surface area contributed by atoms with E-state index in [1.54, 1.807) is 20.1 Å². The zero-order valence-corrected chi connectivity index (χ0v) is 16.0. The molecule has 2 aromatic rings. The van der Waals surface area contributed by atoms with Gasteiger partial charge in [0.2, 0.25) is 0 Å². The van der Waals surface area contributed by atoms with Crippen LogP contribution in [0, 0.1) is 6.92 Å². The topological polar surface area (TPSA) is 73.9 Å². The number of hydrogen-bond acceptors (Lipinski definition) is 5. The van der Waals surface area contributed by atoms with Crippen LogP contribution in [-0.4, -0.2) is 31.2 Å². The molecule has 0 saturated carbocycles. The van der Waals surface area contributed by atoms with Gasteiger partial charge in [0.15, 0.2) is 12.2 Å². The summed E-state index contributed by atoms with van der Waals surface area (Å²) in [4.78, 5) is 24.3. The molecule has 0 aliphatic rings. The van der Waals surface area contributed by atoms with Crippen LogP contribution in [0.1, 0.15) is 25.0 Å². The van der Waals surface area contributed by atoms with E-state index in [0.29, 0.717) is 12.3 Å². The van der Waals surface area contributed by atoms with E-state index in [1.807, 2.05) is 49.4 Å². The lowest BCUT2D eigenvalue weighted by molar-refractivity contribution is -0.160. The summed E-state index contributed by atoms with van der Waals surface area (Å²) in [6.07, 6.45) is -1.73. The molecule has 6 heteroatoms. The van der Waals surface area contributed by atoms with Gasteiger partial charge in [0.1, 0.15) is 11.5 Å². The van der Waals surface area contributed by atoms with Crippen LogP contribution >= 0.6 is 0 Å². The first-order valence-corrected chi connectivity index (χ1v) is 8.73. The molecule has 2 aromatic carbocycles. The van der Waals surface area contributed by atoms with Crippen LogP contribution in [0.3, 0.4) is 0 Å². The van der Waals surface area contributed by atoms with Gasteiger partial charge < -0.3 is 19.5 Å². The lowest BCUT2D eigenvalue weighted by Crippen LogP contribution is -2.38. The summed E-state index contributed by atoms with van der Waals surface area (Å²) < 4.78 is 15.9. The van der Waals surface area contributed by atoms with Gasteiger partial charge in [0.25, 0.3) is 5.91 Å². The normalized spacial score (nSPS) is 12.6. The lowest BCUT2D eigenvalue weighted by Gasteiger charge is -2.18. The van der Waals surface area contributed by atoms with E-state index in [2.05, 4.69) is 5.32 Å². The van der Waals surface area contributed by atoms with Gasteiger partial charge in [-0.2, -0.15) is 0 Å². The number of hydrogen-bond donors (Lipinski definition) is 1. The molecule has 0 radical (unpaired) electrons. The maximum atomic E-state index is 12.2. The number of methoxy groups -OCH3 is 1. The fourth-order valence-corrected chi connectivity index (χ4v) is 2.34. The highest BCUT2D eigenvalue weighted by atomic mass is 16.6. The molecule has 0 fully saturated rings. The largest absolute Gasteiger partial charge is 0.497 e. The Labute approximate surface area is 159 Å². The molecule has 27 heavy (non-hydrogen) atoms. The molecule has 2 atom stereocenters. The third-order valence-corrected chi connectivity index (χ3v) is 3.92. The second-order valence-electron chi connectivity index (χ2n) is 6.22. The number of aryl methyl sites for hydroxylation is 1. The first kappa shape index (κ1) is 20.3. The highest BCUT2D eigenvalue weighted by molar-refractivity contribution is 5.84. The average molecular weight is 371 g/mol. The van der Waals surface area contributed by atoms with Gasteiger partial charge in [-0.15, -0.1) is 0 Å². The van der Waals surface area contributed by atoms with Gasteiger partial charge >= 0.3 is 5.97 Å². The number of amides is 1. The molecule has 0 aliphatic carbocycles. The Kier molecular flexibility index (Phi) is 7.23. The number of carbonyl (C=O) groups is 2. The van der Waals surface area contributed by atoms with E-state index < -0.39 is 18.2 Å². The summed E-state index contributed by atoms with van der Waals surface area (Å²) in [5.41, 5.74) is 1.94. The Morgan fingerprint density at radius 3 is 2.33 bits per heavy atom. The Hall–Kier alpha value is -3.02. The molecule has 6 nitrogen and oxygen atoms in total. The highest BCUT2D eigenvalue weighted by Crippen LogP contribution is 2.15. The smallest absolute Gasteiger partial charge is 0.347 e. The van der Waals surface area contributed by atoms with E-state index in [4.69, 9.17) is 14.2 Å². The van der Waals surface area contributed by atoms with Crippen molar-refractivity contribution < 1.29 is 23.8 Å². The van der Waals surface area contributed by atoms with Crippen LogP contribution < -0.4 is 14.8 Å². The maximum absolute atomic E-state index is 12.2. The highest BCUT2D eigenvalue weighted by Gasteiger charge is 2.23. The van der Waals surface area contributed by atoms with Gasteiger partial charge in [0, 0.05) is 6.54 Å². The monoisotopic (exact) mass is 371 g/mol. The van der Waals surface area contributed by atoms with Crippen molar-refractivity contribution >= 4 is 11.9 Å². The molecule has 1 N–H and O–H groups in total. The summed E-state index contributed by atoms with van der Waals surface area (Å²) in [5, 5.41) is 2.74. The van der Waals surface area contributed by atoms with Crippen molar-refractivity contribution in [1.29, 1.82) is 0 Å². The Bertz CT molecular complexity index is 772. The van der Waals surface area contributed by atoms with Crippen LogP contribution in [0.2, 0.25) is 0 Å². The van der Waals surface area contributed by atoms with Crippen molar-refractivity contribution in [3.63, 3.8) is 0 Å². The first-order chi connectivity index (χ1) is 12.9. The van der Waals surface area contributed by atoms with Crippen molar-refractivity contribution in [1.82, 2.24) is 5.32 Å². The molecule has 1 amide bonds. The van der Waals surface area contributed by atoms with Crippen LogP contribution in [0.5, 0.6) is 11.5 Å². The van der Waals surface area contributed by atoms with Crippen molar-refractivity contribution in [2.24, 2.45) is 0 Å². The van der Waals surface area contributed by atoms with Crippen LogP contribution in [-0.2, 0) is 20.9 Å². The SMILES string of the molecule is COc1ccc(CNC(=O)[C@H](C)OC(=O)[C@H](C)Oc2cccc(C)c2)cc1. The fourth-order valence-electron chi connectivity index (χ4n) is 2.34. The molecule has 0 aromatic heterocycles. The summed E-state index contributed by atoms with van der Waals surface area (Å²) in [5.74, 6) is 0.358. The van der Waals surface area contributed by atoms with E-state index in [9.17, 15) is 9.59 Å². The minimum Gasteiger partial charge on any atom is -0.497 e. The Balaban J connectivity index is 1.80. The van der Waals surface area contributed by atoms with Gasteiger partial charge in [-0.25, -0.2) is 4.79 Å². The molecule has 0 saturated heterocycles. The number of rotatable bonds is 8. The van der Waals surface area contributed by atoms with Crippen molar-refractivity contribution in [3.8, 4) is 11.5 Å². The maximum Gasteiger partial charge on any atom is 0.347 e.